The van der Waals surface area contributed by atoms with E-state index in [0.717, 1.165) is 0 Å². The van der Waals surface area contributed by atoms with Gasteiger partial charge in [-0.15, -0.1) is 0 Å². The van der Waals surface area contributed by atoms with Gasteiger partial charge in [0.05, 0.1) is 0 Å². The van der Waals surface area contributed by atoms with Gasteiger partial charge in [0, 0.05) is 11.6 Å². The number of hydrogen-bond donors (Lipinski definition) is 0. The lowest BCUT2D eigenvalue weighted by Gasteiger charge is -2.44. The summed E-state index contributed by atoms with van der Waals surface area (Å²) in [6.45, 7) is 12.3. The van der Waals surface area contributed by atoms with Crippen LogP contribution in [0.5, 0.6) is 0 Å². The van der Waals surface area contributed by atoms with Crippen LogP contribution in [0.3, 0.4) is 0 Å². The zero-order valence-corrected chi connectivity index (χ0v) is 14.2. The first-order chi connectivity index (χ1) is 9.74. The van der Waals surface area contributed by atoms with Crippen molar-refractivity contribution in [1.82, 2.24) is 9.62 Å². The average molecular weight is 282 g/mol. The minimum absolute atomic E-state index is 0.208. The molecule has 0 radical (unpaired) electrons. The lowest BCUT2D eigenvalue weighted by molar-refractivity contribution is 0.223. The van der Waals surface area contributed by atoms with Crippen LogP contribution in [0.4, 0.5) is 0 Å². The zero-order valence-electron chi connectivity index (χ0n) is 14.2. The predicted octanol–water partition coefficient (Wildman–Crippen LogP) is 3.20. The van der Waals surface area contributed by atoms with Crippen LogP contribution in [0.15, 0.2) is 30.5 Å². The van der Waals surface area contributed by atoms with E-state index in [1.54, 1.807) is 0 Å². The van der Waals surface area contributed by atoms with Gasteiger partial charge in [-0.2, -0.15) is 0 Å². The molecule has 2 aliphatic rings. The standard InChI is InChI=1S/C18H27BN2/c1-14-17(2,3)13-18(4,5)21(14)19-16-10-8-7-9-15(16)11-12-20(19)6/h7-12,14H,13H2,1-6H3/t14-/m0/s1. The molecule has 1 fully saturated rings. The Morgan fingerprint density at radius 2 is 1.81 bits per heavy atom. The van der Waals surface area contributed by atoms with Gasteiger partial charge in [-0.25, -0.2) is 0 Å². The number of hydrogen-bond acceptors (Lipinski definition) is 2. The maximum Gasteiger partial charge on any atom is 0.379 e. The van der Waals surface area contributed by atoms with Crippen LogP contribution >= 0.6 is 0 Å². The van der Waals surface area contributed by atoms with Crippen LogP contribution in [-0.2, 0) is 0 Å². The molecule has 21 heavy (non-hydrogen) atoms. The molecule has 3 heteroatoms. The second-order valence-corrected chi connectivity index (χ2v) is 8.04. The number of fused-ring (bicyclic) bond motifs is 1. The van der Waals surface area contributed by atoms with Crippen LogP contribution in [0, 0.1) is 5.41 Å². The molecular weight excluding hydrogens is 255 g/mol. The first kappa shape index (κ1) is 14.7. The summed E-state index contributed by atoms with van der Waals surface area (Å²) in [5.74, 6) is 0. The van der Waals surface area contributed by atoms with Crippen LogP contribution < -0.4 is 5.46 Å². The summed E-state index contributed by atoms with van der Waals surface area (Å²) >= 11 is 0. The minimum atomic E-state index is 0.208. The fourth-order valence-corrected chi connectivity index (χ4v) is 4.54. The van der Waals surface area contributed by atoms with Crippen LogP contribution in [0.2, 0.25) is 0 Å². The Morgan fingerprint density at radius 1 is 1.14 bits per heavy atom. The highest BCUT2D eigenvalue weighted by Crippen LogP contribution is 2.46. The van der Waals surface area contributed by atoms with Gasteiger partial charge >= 0.3 is 6.98 Å². The highest BCUT2D eigenvalue weighted by atomic mass is 15.3. The summed E-state index contributed by atoms with van der Waals surface area (Å²) in [4.78, 5) is 5.08. The highest BCUT2D eigenvalue weighted by molar-refractivity contribution is 6.70. The maximum atomic E-state index is 2.72. The molecule has 2 aliphatic heterocycles. The van der Waals surface area contributed by atoms with Gasteiger partial charge in [0.1, 0.15) is 0 Å². The van der Waals surface area contributed by atoms with Gasteiger partial charge in [-0.3, -0.25) is 0 Å². The second-order valence-electron chi connectivity index (χ2n) is 8.04. The molecule has 0 spiro atoms. The molecule has 2 heterocycles. The molecule has 2 nitrogen and oxygen atoms in total. The smallest absolute Gasteiger partial charge is 0.379 e. The fraction of sp³-hybridized carbons (Fsp3) is 0.556. The molecule has 0 aliphatic carbocycles. The van der Waals surface area contributed by atoms with Gasteiger partial charge in [0.15, 0.2) is 0 Å². The van der Waals surface area contributed by atoms with E-state index in [1.165, 1.54) is 17.4 Å². The van der Waals surface area contributed by atoms with E-state index >= 15 is 0 Å². The lowest BCUT2D eigenvalue weighted by atomic mass is 9.59. The summed E-state index contributed by atoms with van der Waals surface area (Å²) < 4.78 is 0. The van der Waals surface area contributed by atoms with Crippen molar-refractivity contribution in [3.8, 4) is 0 Å². The topological polar surface area (TPSA) is 6.48 Å². The van der Waals surface area contributed by atoms with E-state index in [-0.39, 0.29) is 5.54 Å². The van der Waals surface area contributed by atoms with Crippen LogP contribution in [0.25, 0.3) is 6.08 Å². The van der Waals surface area contributed by atoms with Crippen molar-refractivity contribution in [3.05, 3.63) is 36.0 Å². The second kappa shape index (κ2) is 4.64. The summed E-state index contributed by atoms with van der Waals surface area (Å²) in [5.41, 5.74) is 3.34. The minimum Gasteiger partial charge on any atom is -0.406 e. The Balaban J connectivity index is 2.09. The molecule has 0 saturated carbocycles. The van der Waals surface area contributed by atoms with Gasteiger partial charge in [0.2, 0.25) is 0 Å². The fourth-order valence-electron chi connectivity index (χ4n) is 4.54. The van der Waals surface area contributed by atoms with E-state index in [2.05, 4.69) is 87.8 Å². The van der Waals surface area contributed by atoms with Crippen LogP contribution in [0.1, 0.15) is 46.6 Å². The van der Waals surface area contributed by atoms with Crippen molar-refractivity contribution in [2.45, 2.75) is 52.6 Å². The Labute approximate surface area is 129 Å². The molecule has 112 valence electrons. The Hall–Kier alpha value is -1.22. The summed E-state index contributed by atoms with van der Waals surface area (Å²) in [6, 6.07) is 9.37. The van der Waals surface area contributed by atoms with Gasteiger partial charge in [0.25, 0.3) is 0 Å². The van der Waals surface area contributed by atoms with Crippen molar-refractivity contribution < 1.29 is 0 Å². The highest BCUT2D eigenvalue weighted by Gasteiger charge is 2.53. The third-order valence-electron chi connectivity index (χ3n) is 5.55. The Bertz CT molecular complexity index is 576. The molecule has 1 atom stereocenters. The van der Waals surface area contributed by atoms with Gasteiger partial charge in [-0.05, 0) is 63.0 Å². The Morgan fingerprint density at radius 3 is 2.43 bits per heavy atom. The van der Waals surface area contributed by atoms with Crippen LogP contribution in [-0.4, -0.2) is 35.2 Å². The monoisotopic (exact) mass is 282 g/mol. The molecule has 0 amide bonds. The molecule has 1 aromatic carbocycles. The zero-order chi connectivity index (χ0) is 15.4. The Kier molecular flexibility index (Phi) is 3.25. The molecule has 1 saturated heterocycles. The average Bonchev–Trinajstić information content (AvgIpc) is 2.55. The van der Waals surface area contributed by atoms with Crippen molar-refractivity contribution in [3.63, 3.8) is 0 Å². The molecular formula is C18H27BN2. The third-order valence-corrected chi connectivity index (χ3v) is 5.55. The van der Waals surface area contributed by atoms with Crippen molar-refractivity contribution in [1.29, 1.82) is 0 Å². The summed E-state index contributed by atoms with van der Waals surface area (Å²) in [6.07, 6.45) is 5.68. The van der Waals surface area contributed by atoms with Gasteiger partial charge < -0.3 is 9.62 Å². The molecule has 1 aromatic rings. The molecule has 0 unspecified atom stereocenters. The SMILES string of the molecule is C[C@@H]1N(B2c3ccccc3C=CN2C)C(C)(C)CC1(C)C. The lowest BCUT2D eigenvalue weighted by Crippen LogP contribution is -2.65. The first-order valence-electron chi connectivity index (χ1n) is 8.01. The molecule has 3 rings (SSSR count). The summed E-state index contributed by atoms with van der Waals surface area (Å²) in [7, 11) is 2.20. The van der Waals surface area contributed by atoms with Crippen molar-refractivity contribution in [2.24, 2.45) is 5.41 Å². The van der Waals surface area contributed by atoms with Crippen molar-refractivity contribution in [2.75, 3.05) is 7.05 Å². The van der Waals surface area contributed by atoms with E-state index < -0.39 is 0 Å². The maximum absolute atomic E-state index is 2.72. The normalized spacial score (nSPS) is 27.0. The largest absolute Gasteiger partial charge is 0.406 e. The third kappa shape index (κ3) is 2.22. The van der Waals surface area contributed by atoms with E-state index in [1.807, 2.05) is 0 Å². The van der Waals surface area contributed by atoms with E-state index in [4.69, 9.17) is 0 Å². The van der Waals surface area contributed by atoms with Crippen molar-refractivity contribution >= 4 is 18.5 Å². The number of nitrogens with zero attached hydrogens (tertiary/aromatic N) is 2. The number of rotatable bonds is 1. The molecule has 0 aromatic heterocycles. The quantitative estimate of drug-likeness (QED) is 0.730. The molecule has 0 N–H and O–H groups in total. The van der Waals surface area contributed by atoms with E-state index in [0.29, 0.717) is 18.4 Å². The number of benzene rings is 1. The van der Waals surface area contributed by atoms with Gasteiger partial charge in [-0.1, -0.05) is 38.1 Å². The van der Waals surface area contributed by atoms with E-state index in [9.17, 15) is 0 Å². The molecule has 0 bridgehead atoms. The first-order valence-corrected chi connectivity index (χ1v) is 8.01. The summed E-state index contributed by atoms with van der Waals surface area (Å²) in [5, 5.41) is 0. The predicted molar refractivity (Wildman–Crippen MR) is 92.4 cm³/mol.